The van der Waals surface area contributed by atoms with Crippen molar-refractivity contribution >= 4 is 6.03 Å². The predicted molar refractivity (Wildman–Crippen MR) is 94.6 cm³/mol. The molecule has 1 atom stereocenters. The molecule has 2 N–H and O–H groups in total. The Morgan fingerprint density at radius 2 is 2.17 bits per heavy atom. The number of urea groups is 1. The molecule has 24 heavy (non-hydrogen) atoms. The van der Waals surface area contributed by atoms with Gasteiger partial charge in [0.05, 0.1) is 6.54 Å². The Labute approximate surface area is 143 Å². The maximum absolute atomic E-state index is 12.2. The van der Waals surface area contributed by atoms with Crippen molar-refractivity contribution in [3.05, 3.63) is 53.9 Å². The lowest BCUT2D eigenvalue weighted by Crippen LogP contribution is -2.46. The van der Waals surface area contributed by atoms with Crippen LogP contribution < -0.4 is 10.6 Å². The van der Waals surface area contributed by atoms with Gasteiger partial charge < -0.3 is 10.6 Å². The average molecular weight is 326 g/mol. The molecule has 0 bridgehead atoms. The second-order valence-electron chi connectivity index (χ2n) is 7.28. The minimum absolute atomic E-state index is 0.0764. The van der Waals surface area contributed by atoms with E-state index in [4.69, 9.17) is 0 Å². The first kappa shape index (κ1) is 16.6. The molecule has 1 saturated carbocycles. The molecule has 1 aliphatic rings. The first-order chi connectivity index (χ1) is 11.5. The maximum atomic E-state index is 12.2. The lowest BCUT2D eigenvalue weighted by atomic mass is 9.87. The Morgan fingerprint density at radius 1 is 1.33 bits per heavy atom. The molecule has 0 aliphatic heterocycles. The molecule has 5 heteroatoms. The fourth-order valence-electron chi connectivity index (χ4n) is 3.40. The van der Waals surface area contributed by atoms with Crippen molar-refractivity contribution in [1.29, 1.82) is 0 Å². The lowest BCUT2D eigenvalue weighted by molar-refractivity contribution is 0.222. The predicted octanol–water partition coefficient (Wildman–Crippen LogP) is 3.31. The van der Waals surface area contributed by atoms with Crippen LogP contribution in [0, 0.1) is 5.41 Å². The number of hydrogen-bond acceptors (Lipinski definition) is 2. The number of rotatable bonds is 5. The van der Waals surface area contributed by atoms with E-state index in [-0.39, 0.29) is 17.5 Å². The first-order valence-electron chi connectivity index (χ1n) is 8.62. The summed E-state index contributed by atoms with van der Waals surface area (Å²) in [6.07, 6.45) is 7.16. The monoisotopic (exact) mass is 326 g/mol. The van der Waals surface area contributed by atoms with Crippen LogP contribution >= 0.6 is 0 Å². The van der Waals surface area contributed by atoms with Gasteiger partial charge in [-0.3, -0.25) is 4.68 Å². The van der Waals surface area contributed by atoms with Crippen LogP contribution in [0.2, 0.25) is 0 Å². The van der Waals surface area contributed by atoms with Crippen LogP contribution in [0.1, 0.15) is 44.2 Å². The lowest BCUT2D eigenvalue weighted by Gasteiger charge is -2.27. The van der Waals surface area contributed by atoms with E-state index in [1.807, 2.05) is 29.1 Å². The van der Waals surface area contributed by atoms with E-state index in [1.54, 1.807) is 6.20 Å². The zero-order valence-corrected chi connectivity index (χ0v) is 14.5. The minimum atomic E-state index is -0.0764. The summed E-state index contributed by atoms with van der Waals surface area (Å²) in [5, 5.41) is 10.3. The Bertz CT molecular complexity index is 678. The molecule has 1 heterocycles. The number of carbonyl (C=O) groups is 1. The third-order valence-electron chi connectivity index (χ3n) is 4.91. The quantitative estimate of drug-likeness (QED) is 0.885. The van der Waals surface area contributed by atoms with Gasteiger partial charge in [0.25, 0.3) is 0 Å². The van der Waals surface area contributed by atoms with Crippen molar-refractivity contribution in [2.24, 2.45) is 5.41 Å². The van der Waals surface area contributed by atoms with E-state index >= 15 is 0 Å². The van der Waals surface area contributed by atoms with Crippen LogP contribution in [0.25, 0.3) is 0 Å². The van der Waals surface area contributed by atoms with Gasteiger partial charge in [0.15, 0.2) is 0 Å². The zero-order valence-electron chi connectivity index (χ0n) is 14.5. The number of hydrogen-bond donors (Lipinski definition) is 2. The summed E-state index contributed by atoms with van der Waals surface area (Å²) in [5.41, 5.74) is 2.47. The van der Waals surface area contributed by atoms with Crippen molar-refractivity contribution in [3.8, 4) is 0 Å². The molecule has 0 saturated heterocycles. The summed E-state index contributed by atoms with van der Waals surface area (Å²) >= 11 is 0. The SMILES string of the molecule is CC1(C)CCCC1NC(=O)NCc1cccc(Cn2cccn2)c1. The fourth-order valence-corrected chi connectivity index (χ4v) is 3.40. The van der Waals surface area contributed by atoms with Gasteiger partial charge >= 0.3 is 6.03 Å². The largest absolute Gasteiger partial charge is 0.335 e. The molecule has 1 fully saturated rings. The van der Waals surface area contributed by atoms with Crippen LogP contribution in [0.4, 0.5) is 4.79 Å². The summed E-state index contributed by atoms with van der Waals surface area (Å²) in [6.45, 7) is 5.72. The van der Waals surface area contributed by atoms with E-state index in [1.165, 1.54) is 18.4 Å². The molecular formula is C19H26N4O. The third-order valence-corrected chi connectivity index (χ3v) is 4.91. The maximum Gasteiger partial charge on any atom is 0.315 e. The fraction of sp³-hybridized carbons (Fsp3) is 0.474. The van der Waals surface area contributed by atoms with Crippen molar-refractivity contribution in [3.63, 3.8) is 0 Å². The number of carbonyl (C=O) groups excluding carboxylic acids is 1. The molecule has 1 unspecified atom stereocenters. The molecule has 0 spiro atoms. The second kappa shape index (κ2) is 7.07. The topological polar surface area (TPSA) is 59.0 Å². The van der Waals surface area contributed by atoms with Gasteiger partial charge in [0, 0.05) is 25.0 Å². The molecule has 5 nitrogen and oxygen atoms in total. The number of benzene rings is 1. The van der Waals surface area contributed by atoms with E-state index in [0.717, 1.165) is 18.5 Å². The van der Waals surface area contributed by atoms with E-state index in [2.05, 4.69) is 41.7 Å². The van der Waals surface area contributed by atoms with Crippen LogP contribution in [0.3, 0.4) is 0 Å². The summed E-state index contributed by atoms with van der Waals surface area (Å²) in [4.78, 5) is 12.2. The van der Waals surface area contributed by atoms with Crippen molar-refractivity contribution in [2.45, 2.75) is 52.2 Å². The highest BCUT2D eigenvalue weighted by atomic mass is 16.2. The minimum Gasteiger partial charge on any atom is -0.335 e. The van der Waals surface area contributed by atoms with Gasteiger partial charge in [0.2, 0.25) is 0 Å². The van der Waals surface area contributed by atoms with E-state index in [9.17, 15) is 4.79 Å². The molecule has 1 aliphatic carbocycles. The highest BCUT2D eigenvalue weighted by molar-refractivity contribution is 5.74. The van der Waals surface area contributed by atoms with Crippen molar-refractivity contribution < 1.29 is 4.79 Å². The average Bonchev–Trinajstić information content (AvgIpc) is 3.16. The smallest absolute Gasteiger partial charge is 0.315 e. The van der Waals surface area contributed by atoms with Gasteiger partial charge in [-0.05, 0) is 35.4 Å². The van der Waals surface area contributed by atoms with Gasteiger partial charge in [-0.2, -0.15) is 5.10 Å². The molecule has 0 radical (unpaired) electrons. The van der Waals surface area contributed by atoms with Crippen LogP contribution in [0.15, 0.2) is 42.7 Å². The van der Waals surface area contributed by atoms with Crippen LogP contribution in [0.5, 0.6) is 0 Å². The number of nitrogens with one attached hydrogen (secondary N) is 2. The molecule has 1 aromatic heterocycles. The summed E-state index contributed by atoms with van der Waals surface area (Å²) < 4.78 is 1.89. The number of aromatic nitrogens is 2. The Morgan fingerprint density at radius 3 is 2.88 bits per heavy atom. The molecule has 2 aromatic rings. The van der Waals surface area contributed by atoms with Gasteiger partial charge in [0.1, 0.15) is 0 Å². The van der Waals surface area contributed by atoms with E-state index < -0.39 is 0 Å². The molecule has 2 amide bonds. The highest BCUT2D eigenvalue weighted by Gasteiger charge is 2.35. The number of amides is 2. The second-order valence-corrected chi connectivity index (χ2v) is 7.28. The molecule has 128 valence electrons. The van der Waals surface area contributed by atoms with Crippen molar-refractivity contribution in [2.75, 3.05) is 0 Å². The summed E-state index contributed by atoms with van der Waals surface area (Å²) in [6, 6.07) is 10.4. The highest BCUT2D eigenvalue weighted by Crippen LogP contribution is 2.37. The van der Waals surface area contributed by atoms with Gasteiger partial charge in [-0.1, -0.05) is 44.5 Å². The van der Waals surface area contributed by atoms with E-state index in [0.29, 0.717) is 6.54 Å². The van der Waals surface area contributed by atoms with Crippen molar-refractivity contribution in [1.82, 2.24) is 20.4 Å². The Hall–Kier alpha value is -2.30. The van der Waals surface area contributed by atoms with Gasteiger partial charge in [-0.15, -0.1) is 0 Å². The molecule has 1 aromatic carbocycles. The Kier molecular flexibility index (Phi) is 4.88. The normalized spacial score (nSPS) is 19.2. The van der Waals surface area contributed by atoms with Crippen LogP contribution in [-0.4, -0.2) is 21.9 Å². The Balaban J connectivity index is 1.52. The summed E-state index contributed by atoms with van der Waals surface area (Å²) in [5.74, 6) is 0. The third kappa shape index (κ3) is 4.16. The molecule has 3 rings (SSSR count). The molecular weight excluding hydrogens is 300 g/mol. The van der Waals surface area contributed by atoms with Crippen LogP contribution in [-0.2, 0) is 13.1 Å². The zero-order chi connectivity index (χ0) is 17.0. The summed E-state index contributed by atoms with van der Waals surface area (Å²) in [7, 11) is 0. The van der Waals surface area contributed by atoms with Gasteiger partial charge in [-0.25, -0.2) is 4.79 Å². The first-order valence-corrected chi connectivity index (χ1v) is 8.62. The standard InChI is InChI=1S/C19H26N4O/c1-19(2)9-4-8-17(19)22-18(24)20-13-15-6-3-7-16(12-15)14-23-11-5-10-21-23/h3,5-7,10-12,17H,4,8-9,13-14H2,1-2H3,(H2,20,22,24). The number of nitrogens with zero attached hydrogens (tertiary/aromatic N) is 2.